The molecular formula is C14H22N4O2. The zero-order chi connectivity index (χ0) is 15.1. The van der Waals surface area contributed by atoms with Crippen LogP contribution in [0.3, 0.4) is 0 Å². The minimum Gasteiger partial charge on any atom is -0.353 e. The summed E-state index contributed by atoms with van der Waals surface area (Å²) in [5.41, 5.74) is 1.07. The van der Waals surface area contributed by atoms with E-state index in [-0.39, 0.29) is 12.6 Å². The Labute approximate surface area is 119 Å². The van der Waals surface area contributed by atoms with Gasteiger partial charge in [-0.25, -0.2) is 0 Å². The molecule has 1 atom stereocenters. The maximum atomic E-state index is 11.6. The highest BCUT2D eigenvalue weighted by molar-refractivity contribution is 6.35. The van der Waals surface area contributed by atoms with Crippen LogP contribution in [0.2, 0.25) is 0 Å². The van der Waals surface area contributed by atoms with Crippen LogP contribution in [0.25, 0.3) is 0 Å². The van der Waals surface area contributed by atoms with Crippen LogP contribution in [0.15, 0.2) is 31.0 Å². The molecule has 0 aliphatic carbocycles. The quantitative estimate of drug-likeness (QED) is 0.570. The third kappa shape index (κ3) is 4.24. The molecule has 1 heterocycles. The largest absolute Gasteiger partial charge is 0.353 e. The number of nitrogens with zero attached hydrogens (tertiary/aromatic N) is 2. The minimum atomic E-state index is -0.644. The van der Waals surface area contributed by atoms with E-state index < -0.39 is 11.8 Å². The standard InChI is InChI=1S/C14H22N4O2/c1-5-8-15-13(19)14(20)16-10-12(17(2)3)11-7-6-9-18(11)4/h5-7,9,12H,1,8,10H2,2-4H3,(H,15,19)(H,16,20). The molecule has 20 heavy (non-hydrogen) atoms. The summed E-state index contributed by atoms with van der Waals surface area (Å²) >= 11 is 0. The SMILES string of the molecule is C=CCNC(=O)C(=O)NCC(c1cccn1C)N(C)C. The summed E-state index contributed by atoms with van der Waals surface area (Å²) in [6, 6.07) is 3.95. The van der Waals surface area contributed by atoms with E-state index in [9.17, 15) is 9.59 Å². The number of carbonyl (C=O) groups is 2. The van der Waals surface area contributed by atoms with Crippen molar-refractivity contribution in [2.75, 3.05) is 27.2 Å². The van der Waals surface area contributed by atoms with Crippen molar-refractivity contribution in [1.82, 2.24) is 20.1 Å². The van der Waals surface area contributed by atoms with Crippen molar-refractivity contribution in [3.8, 4) is 0 Å². The highest BCUT2D eigenvalue weighted by Gasteiger charge is 2.19. The van der Waals surface area contributed by atoms with Crippen LogP contribution in [0, 0.1) is 0 Å². The molecule has 0 aliphatic heterocycles. The highest BCUT2D eigenvalue weighted by Crippen LogP contribution is 2.16. The first kappa shape index (κ1) is 16.0. The summed E-state index contributed by atoms with van der Waals surface area (Å²) in [4.78, 5) is 25.1. The summed E-state index contributed by atoms with van der Waals surface area (Å²) < 4.78 is 1.99. The number of hydrogen-bond donors (Lipinski definition) is 2. The van der Waals surface area contributed by atoms with Gasteiger partial charge in [0.1, 0.15) is 0 Å². The predicted molar refractivity (Wildman–Crippen MR) is 78.1 cm³/mol. The zero-order valence-corrected chi connectivity index (χ0v) is 12.2. The van der Waals surface area contributed by atoms with Gasteiger partial charge in [0.25, 0.3) is 0 Å². The fourth-order valence-corrected chi connectivity index (χ4v) is 1.89. The number of hydrogen-bond acceptors (Lipinski definition) is 3. The number of carbonyl (C=O) groups excluding carboxylic acids is 2. The first-order valence-electron chi connectivity index (χ1n) is 6.42. The van der Waals surface area contributed by atoms with Crippen molar-refractivity contribution in [3.05, 3.63) is 36.7 Å². The van der Waals surface area contributed by atoms with Crippen LogP contribution in [-0.4, -0.2) is 48.5 Å². The molecule has 0 radical (unpaired) electrons. The number of nitrogens with one attached hydrogen (secondary N) is 2. The first-order valence-corrected chi connectivity index (χ1v) is 6.42. The Morgan fingerprint density at radius 3 is 2.55 bits per heavy atom. The van der Waals surface area contributed by atoms with E-state index in [1.54, 1.807) is 0 Å². The Hall–Kier alpha value is -2.08. The summed E-state index contributed by atoms with van der Waals surface area (Å²) in [7, 11) is 5.81. The van der Waals surface area contributed by atoms with E-state index in [2.05, 4.69) is 17.2 Å². The van der Waals surface area contributed by atoms with E-state index in [1.807, 2.05) is 48.9 Å². The minimum absolute atomic E-state index is 0.00570. The second kappa shape index (κ2) is 7.49. The molecule has 0 saturated carbocycles. The third-order valence-corrected chi connectivity index (χ3v) is 3.02. The Morgan fingerprint density at radius 1 is 1.40 bits per heavy atom. The van der Waals surface area contributed by atoms with Gasteiger partial charge >= 0.3 is 11.8 Å². The van der Waals surface area contributed by atoms with Gasteiger partial charge < -0.3 is 15.2 Å². The van der Waals surface area contributed by atoms with Gasteiger partial charge in [-0.1, -0.05) is 6.08 Å². The van der Waals surface area contributed by atoms with Crippen LogP contribution in [0.1, 0.15) is 11.7 Å². The second-order valence-corrected chi connectivity index (χ2v) is 4.73. The molecule has 0 spiro atoms. The van der Waals surface area contributed by atoms with E-state index >= 15 is 0 Å². The van der Waals surface area contributed by atoms with E-state index in [0.29, 0.717) is 6.54 Å². The third-order valence-electron chi connectivity index (χ3n) is 3.02. The second-order valence-electron chi connectivity index (χ2n) is 4.73. The smallest absolute Gasteiger partial charge is 0.309 e. The normalized spacial score (nSPS) is 12.0. The van der Waals surface area contributed by atoms with Crippen LogP contribution in [0.4, 0.5) is 0 Å². The van der Waals surface area contributed by atoms with Gasteiger partial charge in [-0.05, 0) is 26.2 Å². The van der Waals surface area contributed by atoms with E-state index in [4.69, 9.17) is 0 Å². The number of aromatic nitrogens is 1. The summed E-state index contributed by atoms with van der Waals surface area (Å²) in [6.07, 6.45) is 3.47. The Bertz CT molecular complexity index is 479. The molecule has 0 saturated heterocycles. The fourth-order valence-electron chi connectivity index (χ4n) is 1.89. The van der Waals surface area contributed by atoms with Crippen molar-refractivity contribution in [1.29, 1.82) is 0 Å². The number of aryl methyl sites for hydroxylation is 1. The van der Waals surface area contributed by atoms with Gasteiger partial charge in [0.15, 0.2) is 0 Å². The van der Waals surface area contributed by atoms with Crippen molar-refractivity contribution >= 4 is 11.8 Å². The van der Waals surface area contributed by atoms with Gasteiger partial charge in [0.05, 0.1) is 6.04 Å². The molecule has 110 valence electrons. The molecule has 2 amide bonds. The summed E-state index contributed by atoms with van der Waals surface area (Å²) in [5, 5.41) is 5.09. The molecule has 2 N–H and O–H groups in total. The van der Waals surface area contributed by atoms with Crippen LogP contribution >= 0.6 is 0 Å². The van der Waals surface area contributed by atoms with Gasteiger partial charge in [-0.3, -0.25) is 14.5 Å². The number of rotatable bonds is 6. The van der Waals surface area contributed by atoms with Gasteiger partial charge in [-0.2, -0.15) is 0 Å². The lowest BCUT2D eigenvalue weighted by molar-refractivity contribution is -0.139. The molecular weight excluding hydrogens is 256 g/mol. The lowest BCUT2D eigenvalue weighted by Gasteiger charge is -2.25. The number of likely N-dealkylation sites (N-methyl/N-ethyl adjacent to an activating group) is 1. The molecule has 1 aromatic rings. The van der Waals surface area contributed by atoms with Crippen LogP contribution in [0.5, 0.6) is 0 Å². The average molecular weight is 278 g/mol. The lowest BCUT2D eigenvalue weighted by Crippen LogP contribution is -2.43. The first-order chi connectivity index (χ1) is 9.47. The molecule has 0 bridgehead atoms. The van der Waals surface area contributed by atoms with Gasteiger partial charge in [0, 0.05) is 32.0 Å². The Balaban J connectivity index is 2.60. The monoisotopic (exact) mass is 278 g/mol. The molecule has 6 heteroatoms. The Morgan fingerprint density at radius 2 is 2.05 bits per heavy atom. The fraction of sp³-hybridized carbons (Fsp3) is 0.429. The molecule has 6 nitrogen and oxygen atoms in total. The van der Waals surface area contributed by atoms with Crippen LogP contribution < -0.4 is 10.6 Å². The van der Waals surface area contributed by atoms with Crippen molar-refractivity contribution < 1.29 is 9.59 Å². The molecule has 0 aromatic carbocycles. The van der Waals surface area contributed by atoms with Crippen molar-refractivity contribution in [2.24, 2.45) is 7.05 Å². The Kier molecular flexibility index (Phi) is 5.99. The van der Waals surface area contributed by atoms with Gasteiger partial charge in [0.2, 0.25) is 0 Å². The maximum absolute atomic E-state index is 11.6. The molecule has 0 aliphatic rings. The molecule has 1 aromatic heterocycles. The van der Waals surface area contributed by atoms with Crippen molar-refractivity contribution in [2.45, 2.75) is 6.04 Å². The maximum Gasteiger partial charge on any atom is 0.309 e. The van der Waals surface area contributed by atoms with E-state index in [1.165, 1.54) is 6.08 Å². The zero-order valence-electron chi connectivity index (χ0n) is 12.2. The molecule has 1 rings (SSSR count). The average Bonchev–Trinajstić information content (AvgIpc) is 2.82. The van der Waals surface area contributed by atoms with E-state index in [0.717, 1.165) is 5.69 Å². The van der Waals surface area contributed by atoms with Crippen molar-refractivity contribution in [3.63, 3.8) is 0 Å². The molecule has 0 fully saturated rings. The van der Waals surface area contributed by atoms with Gasteiger partial charge in [-0.15, -0.1) is 6.58 Å². The molecule has 1 unspecified atom stereocenters. The summed E-state index contributed by atoms with van der Waals surface area (Å²) in [5.74, 6) is -1.28. The topological polar surface area (TPSA) is 66.4 Å². The number of amides is 2. The lowest BCUT2D eigenvalue weighted by atomic mass is 10.2. The highest BCUT2D eigenvalue weighted by atomic mass is 16.2. The van der Waals surface area contributed by atoms with Crippen LogP contribution in [-0.2, 0) is 16.6 Å². The predicted octanol–water partition coefficient (Wildman–Crippen LogP) is 0.0462. The summed E-state index contributed by atoms with van der Waals surface area (Å²) in [6.45, 7) is 4.12.